The Kier molecular flexibility index (Phi) is 12.7. The van der Waals surface area contributed by atoms with Gasteiger partial charge in [0.05, 0.1) is 0 Å². The molecule has 0 aliphatic rings. The third-order valence-corrected chi connectivity index (χ3v) is 0.667. The van der Waals surface area contributed by atoms with Crippen molar-refractivity contribution < 1.29 is 9.59 Å². The Balaban J connectivity index is 0. The molecule has 0 bridgehead atoms. The molecule has 0 unspecified atom stereocenters. The summed E-state index contributed by atoms with van der Waals surface area (Å²) >= 11 is 0. The minimum absolute atomic E-state index is 0.833. The number of carbonyl (C=O) groups excluding carboxylic acids is 2. The topological polar surface area (TPSA) is 86.2 Å². The van der Waals surface area contributed by atoms with E-state index in [2.05, 4.69) is 11.5 Å². The normalized spacial score (nSPS) is 6.33. The second-order valence-electron chi connectivity index (χ2n) is 1.56. The van der Waals surface area contributed by atoms with E-state index in [1.807, 2.05) is 43.2 Å². The Bertz CT molecular complexity index is 159. The number of benzene rings is 1. The van der Waals surface area contributed by atoms with Crippen molar-refractivity contribution in [2.45, 2.75) is 0 Å². The van der Waals surface area contributed by atoms with Crippen LogP contribution in [0, 0.1) is 0 Å². The van der Waals surface area contributed by atoms with Crippen molar-refractivity contribution in [1.82, 2.24) is 0 Å². The van der Waals surface area contributed by atoms with Crippen molar-refractivity contribution >= 4 is 12.8 Å². The molecule has 0 saturated heterocycles. The van der Waals surface area contributed by atoms with Crippen LogP contribution in [0.2, 0.25) is 0 Å². The van der Waals surface area contributed by atoms with Gasteiger partial charge in [0.25, 0.3) is 0 Å². The van der Waals surface area contributed by atoms with Gasteiger partial charge in [-0.3, -0.25) is 0 Å². The predicted octanol–water partition coefficient (Wildman–Crippen LogP) is 0.525. The Hall–Kier alpha value is -1.84. The fourth-order valence-corrected chi connectivity index (χ4v) is 0.385. The summed E-state index contributed by atoms with van der Waals surface area (Å²) in [6.07, 6.45) is 0. The van der Waals surface area contributed by atoms with Gasteiger partial charge in [-0.05, 0) is 0 Å². The molecule has 2 amide bonds. The molecule has 0 heterocycles. The number of urea groups is 1. The molecule has 1 aromatic carbocycles. The molecule has 4 nitrogen and oxygen atoms in total. The van der Waals surface area contributed by atoms with Gasteiger partial charge in [-0.1, -0.05) is 36.4 Å². The third-order valence-electron chi connectivity index (χ3n) is 0.667. The molecule has 4 heteroatoms. The highest BCUT2D eigenvalue weighted by molar-refractivity contribution is 5.69. The smallest absolute Gasteiger partial charge is 0.309 e. The lowest BCUT2D eigenvalue weighted by Gasteiger charge is -1.69. The molecular weight excluding hydrogens is 156 g/mol. The lowest BCUT2D eigenvalue weighted by atomic mass is 10.4. The lowest BCUT2D eigenvalue weighted by Crippen LogP contribution is -2.18. The molecule has 0 atom stereocenters. The number of hydrogen-bond donors (Lipinski definition) is 2. The summed E-state index contributed by atoms with van der Waals surface area (Å²) in [6, 6.07) is 11.2. The van der Waals surface area contributed by atoms with Gasteiger partial charge in [0.2, 0.25) is 0 Å². The van der Waals surface area contributed by atoms with Crippen LogP contribution in [0.4, 0.5) is 4.79 Å². The SMILES string of the molecule is C=O.NC(N)=O.c1ccccc1. The zero-order valence-electron chi connectivity index (χ0n) is 6.64. The largest absolute Gasteiger partial charge is 0.352 e. The highest BCUT2D eigenvalue weighted by Crippen LogP contribution is 1.79. The van der Waals surface area contributed by atoms with E-state index in [1.165, 1.54) is 0 Å². The van der Waals surface area contributed by atoms with Gasteiger partial charge >= 0.3 is 6.03 Å². The van der Waals surface area contributed by atoms with Crippen molar-refractivity contribution in [3.63, 3.8) is 0 Å². The van der Waals surface area contributed by atoms with Crippen LogP contribution in [0.25, 0.3) is 0 Å². The van der Waals surface area contributed by atoms with Crippen LogP contribution in [0.3, 0.4) is 0 Å². The fourth-order valence-electron chi connectivity index (χ4n) is 0.385. The minimum Gasteiger partial charge on any atom is -0.352 e. The maximum Gasteiger partial charge on any atom is 0.309 e. The summed E-state index contributed by atoms with van der Waals surface area (Å²) in [5.41, 5.74) is 8.50. The number of primary amides is 2. The molecule has 0 saturated carbocycles. The Labute approximate surface area is 71.2 Å². The maximum absolute atomic E-state index is 9.00. The molecule has 1 rings (SSSR count). The lowest BCUT2D eigenvalue weighted by molar-refractivity contribution is -0.0979. The van der Waals surface area contributed by atoms with Crippen molar-refractivity contribution in [3.05, 3.63) is 36.4 Å². The number of hydrogen-bond acceptors (Lipinski definition) is 2. The molecule has 0 radical (unpaired) electrons. The zero-order chi connectivity index (χ0) is 9.82. The van der Waals surface area contributed by atoms with Crippen LogP contribution in [-0.2, 0) is 4.79 Å². The second-order valence-corrected chi connectivity index (χ2v) is 1.56. The third kappa shape index (κ3) is 24.2. The monoisotopic (exact) mass is 168 g/mol. The average Bonchev–Trinajstić information content (AvgIpc) is 2.10. The predicted molar refractivity (Wildman–Crippen MR) is 47.3 cm³/mol. The highest BCUT2D eigenvalue weighted by atomic mass is 16.2. The van der Waals surface area contributed by atoms with Gasteiger partial charge < -0.3 is 16.3 Å². The van der Waals surface area contributed by atoms with Gasteiger partial charge in [-0.25, -0.2) is 4.79 Å². The van der Waals surface area contributed by atoms with E-state index in [-0.39, 0.29) is 0 Å². The van der Waals surface area contributed by atoms with E-state index in [1.54, 1.807) is 0 Å². The fraction of sp³-hybridized carbons (Fsp3) is 0. The first-order valence-corrected chi connectivity index (χ1v) is 3.07. The van der Waals surface area contributed by atoms with Crippen molar-refractivity contribution in [3.8, 4) is 0 Å². The van der Waals surface area contributed by atoms with Crippen LogP contribution in [0.5, 0.6) is 0 Å². The van der Waals surface area contributed by atoms with E-state index in [0.717, 1.165) is 0 Å². The summed E-state index contributed by atoms with van der Waals surface area (Å²) in [7, 11) is 0. The summed E-state index contributed by atoms with van der Waals surface area (Å²) in [5.74, 6) is 0. The van der Waals surface area contributed by atoms with E-state index in [9.17, 15) is 0 Å². The minimum atomic E-state index is -0.833. The Morgan fingerprint density at radius 1 is 0.833 bits per heavy atom. The van der Waals surface area contributed by atoms with Gasteiger partial charge in [0, 0.05) is 0 Å². The van der Waals surface area contributed by atoms with Crippen LogP contribution < -0.4 is 11.5 Å². The highest BCUT2D eigenvalue weighted by Gasteiger charge is 1.60. The summed E-state index contributed by atoms with van der Waals surface area (Å²) in [4.78, 5) is 17.0. The van der Waals surface area contributed by atoms with Crippen LogP contribution >= 0.6 is 0 Å². The van der Waals surface area contributed by atoms with Gasteiger partial charge in [-0.15, -0.1) is 0 Å². The van der Waals surface area contributed by atoms with Crippen molar-refractivity contribution in [2.24, 2.45) is 11.5 Å². The summed E-state index contributed by atoms with van der Waals surface area (Å²) < 4.78 is 0. The molecule has 0 aromatic heterocycles. The molecule has 0 fully saturated rings. The summed E-state index contributed by atoms with van der Waals surface area (Å²) in [5, 5.41) is 0. The van der Waals surface area contributed by atoms with Crippen LogP contribution in [0.15, 0.2) is 36.4 Å². The van der Waals surface area contributed by atoms with Gasteiger partial charge in [-0.2, -0.15) is 0 Å². The molecule has 12 heavy (non-hydrogen) atoms. The Morgan fingerprint density at radius 2 is 0.917 bits per heavy atom. The molecular formula is C8H12N2O2. The number of amides is 2. The van der Waals surface area contributed by atoms with Crippen molar-refractivity contribution in [1.29, 1.82) is 0 Å². The standard InChI is InChI=1S/C6H6.CH4N2O.CH2O/c1-2-4-6-5-3-1;2-1(3)4;1-2/h1-6H;(H4,2,3,4);1H2. The van der Waals surface area contributed by atoms with Crippen molar-refractivity contribution in [2.75, 3.05) is 0 Å². The molecule has 1 aromatic rings. The Morgan fingerprint density at radius 3 is 1.00 bits per heavy atom. The number of nitrogens with two attached hydrogens (primary N) is 2. The van der Waals surface area contributed by atoms with Gasteiger partial charge in [0.1, 0.15) is 6.79 Å². The number of rotatable bonds is 0. The number of carbonyl (C=O) groups is 2. The zero-order valence-corrected chi connectivity index (χ0v) is 6.64. The molecule has 66 valence electrons. The van der Waals surface area contributed by atoms with E-state index in [0.29, 0.717) is 0 Å². The maximum atomic E-state index is 9.00. The molecule has 0 aliphatic carbocycles. The first-order valence-electron chi connectivity index (χ1n) is 3.07. The average molecular weight is 168 g/mol. The van der Waals surface area contributed by atoms with Gasteiger partial charge in [0.15, 0.2) is 0 Å². The molecule has 4 N–H and O–H groups in total. The van der Waals surface area contributed by atoms with E-state index >= 15 is 0 Å². The summed E-state index contributed by atoms with van der Waals surface area (Å²) in [6.45, 7) is 2.00. The van der Waals surface area contributed by atoms with E-state index in [4.69, 9.17) is 9.59 Å². The quantitative estimate of drug-likeness (QED) is 0.591. The molecule has 0 aliphatic heterocycles. The van der Waals surface area contributed by atoms with E-state index < -0.39 is 6.03 Å². The second kappa shape index (κ2) is 11.9. The van der Waals surface area contributed by atoms with Crippen LogP contribution in [-0.4, -0.2) is 12.8 Å². The van der Waals surface area contributed by atoms with Crippen LogP contribution in [0.1, 0.15) is 0 Å². The first kappa shape index (κ1) is 12.8. The first-order chi connectivity index (χ1) is 5.73. The molecule has 0 spiro atoms.